The normalized spacial score (nSPS) is 24.1. The van der Waals surface area contributed by atoms with Gasteiger partial charge in [-0.2, -0.15) is 18.3 Å². The van der Waals surface area contributed by atoms with Crippen molar-refractivity contribution in [3.8, 4) is 0 Å². The van der Waals surface area contributed by atoms with Crippen LogP contribution in [0.2, 0.25) is 5.02 Å². The number of carboxylic acids is 1. The summed E-state index contributed by atoms with van der Waals surface area (Å²) in [5, 5.41) is 24.3. The van der Waals surface area contributed by atoms with Crippen LogP contribution in [0.4, 0.5) is 13.2 Å². The van der Waals surface area contributed by atoms with Gasteiger partial charge in [0.25, 0.3) is 0 Å². The van der Waals surface area contributed by atoms with Gasteiger partial charge in [-0.3, -0.25) is 9.48 Å². The number of aliphatic hydroxyl groups excluding tert-OH is 1. The highest BCUT2D eigenvalue weighted by Crippen LogP contribution is 2.39. The van der Waals surface area contributed by atoms with Gasteiger partial charge in [0, 0.05) is 17.1 Å². The lowest BCUT2D eigenvalue weighted by molar-refractivity contribution is -0.148. The number of fused-ring (bicyclic) bond motifs is 1. The number of hydrogen-bond acceptors (Lipinski definition) is 3. The van der Waals surface area contributed by atoms with Crippen LogP contribution >= 0.6 is 11.6 Å². The third-order valence-electron chi connectivity index (χ3n) is 6.51. The minimum atomic E-state index is -4.51. The molecule has 1 heterocycles. The van der Waals surface area contributed by atoms with E-state index in [-0.39, 0.29) is 29.5 Å². The Labute approximate surface area is 182 Å². The van der Waals surface area contributed by atoms with Crippen molar-refractivity contribution in [3.05, 3.63) is 51.3 Å². The zero-order valence-corrected chi connectivity index (χ0v) is 17.6. The van der Waals surface area contributed by atoms with Crippen LogP contribution in [-0.2, 0) is 30.2 Å². The van der Waals surface area contributed by atoms with Crippen molar-refractivity contribution in [1.82, 2.24) is 9.78 Å². The number of aromatic nitrogens is 2. The van der Waals surface area contributed by atoms with Crippen LogP contribution in [0.1, 0.15) is 66.2 Å². The highest BCUT2D eigenvalue weighted by atomic mass is 35.5. The number of benzene rings is 1. The average Bonchev–Trinajstić information content (AvgIpc) is 3.07. The molecule has 0 saturated heterocycles. The number of carbonyl (C=O) groups is 1. The first-order valence-electron chi connectivity index (χ1n) is 10.5. The smallest absolute Gasteiger partial charge is 0.416 e. The third-order valence-corrected chi connectivity index (χ3v) is 6.87. The van der Waals surface area contributed by atoms with Crippen molar-refractivity contribution < 1.29 is 28.2 Å². The second kappa shape index (κ2) is 8.47. The van der Waals surface area contributed by atoms with Crippen LogP contribution in [0, 0.1) is 5.92 Å². The van der Waals surface area contributed by atoms with E-state index in [4.69, 9.17) is 16.7 Å². The minimum absolute atomic E-state index is 0.0170. The lowest BCUT2D eigenvalue weighted by atomic mass is 9.83. The van der Waals surface area contributed by atoms with Crippen LogP contribution in [0.3, 0.4) is 0 Å². The lowest BCUT2D eigenvalue weighted by Crippen LogP contribution is -2.36. The molecule has 1 aromatic carbocycles. The molecule has 9 heteroatoms. The number of nitrogens with zero attached hydrogens (tertiary/aromatic N) is 2. The van der Waals surface area contributed by atoms with E-state index in [2.05, 4.69) is 0 Å². The summed E-state index contributed by atoms with van der Waals surface area (Å²) in [6.07, 6.45) is -0.919. The van der Waals surface area contributed by atoms with Crippen molar-refractivity contribution in [2.75, 3.05) is 0 Å². The van der Waals surface area contributed by atoms with Crippen LogP contribution in [0.15, 0.2) is 18.2 Å². The quantitative estimate of drug-likeness (QED) is 0.692. The summed E-state index contributed by atoms with van der Waals surface area (Å²) in [5.41, 5.74) is 1.81. The van der Waals surface area contributed by atoms with E-state index in [0.717, 1.165) is 43.0 Å². The Morgan fingerprint density at radius 2 is 1.97 bits per heavy atom. The van der Waals surface area contributed by atoms with Crippen LogP contribution < -0.4 is 0 Å². The summed E-state index contributed by atoms with van der Waals surface area (Å²) in [6, 6.07) is 3.62. The van der Waals surface area contributed by atoms with Crippen molar-refractivity contribution in [2.45, 2.75) is 69.7 Å². The van der Waals surface area contributed by atoms with E-state index >= 15 is 0 Å². The van der Waals surface area contributed by atoms with Gasteiger partial charge < -0.3 is 10.2 Å². The van der Waals surface area contributed by atoms with E-state index in [9.17, 15) is 28.2 Å². The zero-order chi connectivity index (χ0) is 22.3. The Morgan fingerprint density at radius 3 is 2.65 bits per heavy atom. The largest absolute Gasteiger partial charge is 0.481 e. The van der Waals surface area contributed by atoms with Gasteiger partial charge in [-0.15, -0.1) is 0 Å². The summed E-state index contributed by atoms with van der Waals surface area (Å²) in [4.78, 5) is 11.3. The summed E-state index contributed by atoms with van der Waals surface area (Å²) in [7, 11) is 0. The predicted molar refractivity (Wildman–Crippen MR) is 108 cm³/mol. The number of hydrogen-bond donors (Lipinski definition) is 2. The molecule has 0 radical (unpaired) electrons. The zero-order valence-electron chi connectivity index (χ0n) is 16.8. The molecule has 0 bridgehead atoms. The molecule has 0 aliphatic heterocycles. The average molecular weight is 457 g/mol. The molecule has 3 unspecified atom stereocenters. The fraction of sp³-hybridized carbons (Fsp3) is 0.545. The Morgan fingerprint density at radius 1 is 1.23 bits per heavy atom. The second-order valence-corrected chi connectivity index (χ2v) is 8.85. The van der Waals surface area contributed by atoms with Crippen LogP contribution in [-0.4, -0.2) is 32.1 Å². The molecule has 3 atom stereocenters. The number of carboxylic acid groups (broad SMARTS) is 1. The van der Waals surface area contributed by atoms with E-state index in [1.165, 1.54) is 12.1 Å². The van der Waals surface area contributed by atoms with E-state index < -0.39 is 29.7 Å². The van der Waals surface area contributed by atoms with Gasteiger partial charge in [-0.05, 0) is 68.2 Å². The molecule has 168 valence electrons. The molecule has 2 N–H and O–H groups in total. The molecule has 5 nitrogen and oxygen atoms in total. The van der Waals surface area contributed by atoms with Gasteiger partial charge in [0.2, 0.25) is 0 Å². The highest BCUT2D eigenvalue weighted by Gasteiger charge is 2.38. The standard InChI is InChI=1S/C22H24ClF3N2O3/c23-17-6-3-5-16(22(24,25)26)15(17)11-18-13-4-1-2-7-19(13)28(27-18)12-8-9-14(21(30)31)20(29)10-12/h3,5-6,12,14,20,29H,1-2,4,7-11H2,(H,30,31). The SMILES string of the molecule is O=C(O)C1CCC(n2nc(Cc3c(Cl)cccc3C(F)(F)F)c3c2CCCC3)CC1O. The van der Waals surface area contributed by atoms with E-state index in [1.54, 1.807) is 0 Å². The summed E-state index contributed by atoms with van der Waals surface area (Å²) >= 11 is 6.17. The summed E-state index contributed by atoms with van der Waals surface area (Å²) in [6.45, 7) is 0. The predicted octanol–water partition coefficient (Wildman–Crippen LogP) is 4.81. The Hall–Kier alpha value is -2.06. The number of aliphatic carboxylic acids is 1. The molecule has 31 heavy (non-hydrogen) atoms. The van der Waals surface area contributed by atoms with Crippen LogP contribution in [0.25, 0.3) is 0 Å². The number of aliphatic hydroxyl groups is 1. The topological polar surface area (TPSA) is 75.3 Å². The highest BCUT2D eigenvalue weighted by molar-refractivity contribution is 6.31. The maximum absolute atomic E-state index is 13.6. The number of alkyl halides is 3. The molecule has 0 spiro atoms. The third kappa shape index (κ3) is 4.32. The first-order valence-corrected chi connectivity index (χ1v) is 10.9. The molecule has 2 aromatic rings. The van der Waals surface area contributed by atoms with Gasteiger partial charge in [-0.25, -0.2) is 0 Å². The molecule has 0 amide bonds. The Bertz CT molecular complexity index is 989. The summed E-state index contributed by atoms with van der Waals surface area (Å²) in [5.74, 6) is -1.80. The number of halogens is 4. The molecule has 1 aromatic heterocycles. The molecular formula is C22H24ClF3N2O3. The van der Waals surface area contributed by atoms with Crippen molar-refractivity contribution in [3.63, 3.8) is 0 Å². The molecule has 1 fully saturated rings. The Balaban J connectivity index is 1.69. The van der Waals surface area contributed by atoms with E-state index in [0.29, 0.717) is 18.5 Å². The maximum atomic E-state index is 13.6. The fourth-order valence-electron chi connectivity index (χ4n) is 4.95. The van der Waals surface area contributed by atoms with E-state index in [1.807, 2.05) is 4.68 Å². The van der Waals surface area contributed by atoms with Gasteiger partial charge in [0.1, 0.15) is 0 Å². The molecular weight excluding hydrogens is 433 g/mol. The van der Waals surface area contributed by atoms with Gasteiger partial charge >= 0.3 is 12.1 Å². The van der Waals surface area contributed by atoms with Crippen molar-refractivity contribution in [2.24, 2.45) is 5.92 Å². The summed E-state index contributed by atoms with van der Waals surface area (Å²) < 4.78 is 42.5. The molecule has 1 saturated carbocycles. The van der Waals surface area contributed by atoms with Crippen molar-refractivity contribution in [1.29, 1.82) is 0 Å². The first-order chi connectivity index (χ1) is 14.7. The molecule has 2 aliphatic carbocycles. The van der Waals surface area contributed by atoms with Gasteiger partial charge in [0.15, 0.2) is 0 Å². The molecule has 2 aliphatic rings. The van der Waals surface area contributed by atoms with Gasteiger partial charge in [-0.1, -0.05) is 17.7 Å². The number of rotatable bonds is 4. The minimum Gasteiger partial charge on any atom is -0.481 e. The first kappa shape index (κ1) is 22.1. The second-order valence-electron chi connectivity index (χ2n) is 8.44. The van der Waals surface area contributed by atoms with Crippen LogP contribution in [0.5, 0.6) is 0 Å². The molecule has 4 rings (SSSR count). The Kier molecular flexibility index (Phi) is 6.05. The van der Waals surface area contributed by atoms with Crippen molar-refractivity contribution >= 4 is 17.6 Å². The monoisotopic (exact) mass is 456 g/mol. The maximum Gasteiger partial charge on any atom is 0.416 e. The lowest BCUT2D eigenvalue weighted by Gasteiger charge is -2.32. The fourth-order valence-corrected chi connectivity index (χ4v) is 5.20. The van der Waals surface area contributed by atoms with Gasteiger partial charge in [0.05, 0.1) is 29.3 Å².